The Bertz CT molecular complexity index is 1290. The van der Waals surface area contributed by atoms with Gasteiger partial charge in [-0.3, -0.25) is 9.10 Å². The molecule has 0 saturated heterocycles. The first-order valence-electron chi connectivity index (χ1n) is 9.90. The Kier molecular flexibility index (Phi) is 6.48. The molecule has 0 saturated carbocycles. The van der Waals surface area contributed by atoms with Crippen molar-refractivity contribution in [2.75, 3.05) is 30.1 Å². The molecule has 172 valence electrons. The maximum Gasteiger partial charge on any atom is 0.264 e. The van der Waals surface area contributed by atoms with Crippen molar-refractivity contribution in [3.05, 3.63) is 70.7 Å². The number of benzene rings is 3. The van der Waals surface area contributed by atoms with Crippen molar-refractivity contribution in [1.29, 1.82) is 0 Å². The largest absolute Gasteiger partial charge is 0.496 e. The summed E-state index contributed by atoms with van der Waals surface area (Å²) in [4.78, 5) is 12.9. The summed E-state index contributed by atoms with van der Waals surface area (Å²) in [5, 5.41) is 2.73. The first-order chi connectivity index (χ1) is 15.8. The van der Waals surface area contributed by atoms with Gasteiger partial charge in [-0.15, -0.1) is 0 Å². The van der Waals surface area contributed by atoms with Gasteiger partial charge in [0.15, 0.2) is 11.5 Å². The van der Waals surface area contributed by atoms with Gasteiger partial charge >= 0.3 is 0 Å². The van der Waals surface area contributed by atoms with E-state index in [9.17, 15) is 13.2 Å². The zero-order valence-electron chi connectivity index (χ0n) is 17.9. The summed E-state index contributed by atoms with van der Waals surface area (Å²) in [6.07, 6.45) is 0. The van der Waals surface area contributed by atoms with Gasteiger partial charge in [-0.25, -0.2) is 8.42 Å². The van der Waals surface area contributed by atoms with Crippen LogP contribution in [0, 0.1) is 6.92 Å². The molecule has 0 spiro atoms. The van der Waals surface area contributed by atoms with E-state index in [0.29, 0.717) is 33.1 Å². The fourth-order valence-corrected chi connectivity index (χ4v) is 5.41. The van der Waals surface area contributed by atoms with Gasteiger partial charge in [-0.05, 0) is 65.3 Å². The average Bonchev–Trinajstić information content (AvgIpc) is 3.26. The van der Waals surface area contributed by atoms with Crippen molar-refractivity contribution in [2.45, 2.75) is 11.8 Å². The van der Waals surface area contributed by atoms with Gasteiger partial charge in [0.1, 0.15) is 12.3 Å². The van der Waals surface area contributed by atoms with Crippen LogP contribution >= 0.6 is 15.9 Å². The molecule has 33 heavy (non-hydrogen) atoms. The third kappa shape index (κ3) is 4.91. The van der Waals surface area contributed by atoms with Crippen LogP contribution in [0.25, 0.3) is 0 Å². The van der Waals surface area contributed by atoms with Crippen LogP contribution < -0.4 is 23.8 Å². The van der Waals surface area contributed by atoms with Gasteiger partial charge in [-0.2, -0.15) is 0 Å². The van der Waals surface area contributed by atoms with Crippen LogP contribution in [0.3, 0.4) is 0 Å². The molecule has 0 aromatic heterocycles. The third-order valence-corrected chi connectivity index (χ3v) is 7.37. The van der Waals surface area contributed by atoms with Crippen molar-refractivity contribution in [3.8, 4) is 17.2 Å². The van der Waals surface area contributed by atoms with Gasteiger partial charge in [0.2, 0.25) is 12.7 Å². The van der Waals surface area contributed by atoms with E-state index in [1.165, 1.54) is 19.2 Å². The Morgan fingerprint density at radius 1 is 1.06 bits per heavy atom. The number of hydrogen-bond acceptors (Lipinski definition) is 6. The zero-order chi connectivity index (χ0) is 23.6. The van der Waals surface area contributed by atoms with E-state index < -0.39 is 22.5 Å². The molecule has 10 heteroatoms. The number of hydrogen-bond donors (Lipinski definition) is 1. The van der Waals surface area contributed by atoms with E-state index >= 15 is 0 Å². The molecule has 0 fully saturated rings. The van der Waals surface area contributed by atoms with Crippen LogP contribution in [0.15, 0.2) is 70.0 Å². The van der Waals surface area contributed by atoms with Gasteiger partial charge < -0.3 is 19.5 Å². The zero-order valence-corrected chi connectivity index (χ0v) is 20.3. The summed E-state index contributed by atoms with van der Waals surface area (Å²) in [6.45, 7) is 1.59. The Balaban J connectivity index is 1.64. The SMILES string of the molecule is COc1ccc(S(=O)(=O)N(CC(=O)Nc2ccc3c(c2)OCO3)c2ccc(C)cc2)cc1Br. The summed E-state index contributed by atoms with van der Waals surface area (Å²) < 4.78 is 44.5. The molecule has 4 rings (SSSR count). The summed E-state index contributed by atoms with van der Waals surface area (Å²) >= 11 is 3.32. The Hall–Kier alpha value is -3.24. The number of fused-ring (bicyclic) bond motifs is 1. The lowest BCUT2D eigenvalue weighted by atomic mass is 10.2. The number of amides is 1. The second-order valence-corrected chi connectivity index (χ2v) is 9.98. The highest BCUT2D eigenvalue weighted by Gasteiger charge is 2.28. The highest BCUT2D eigenvalue weighted by molar-refractivity contribution is 9.10. The fourth-order valence-electron chi connectivity index (χ4n) is 3.27. The lowest BCUT2D eigenvalue weighted by Gasteiger charge is -2.24. The summed E-state index contributed by atoms with van der Waals surface area (Å²) in [5.74, 6) is 1.09. The fraction of sp³-hybridized carbons (Fsp3) is 0.174. The number of nitrogens with zero attached hydrogens (tertiary/aromatic N) is 1. The van der Waals surface area contributed by atoms with Crippen molar-refractivity contribution in [2.24, 2.45) is 0 Å². The first kappa shape index (κ1) is 22.9. The first-order valence-corrected chi connectivity index (χ1v) is 12.1. The summed E-state index contributed by atoms with van der Waals surface area (Å²) in [7, 11) is -2.58. The van der Waals surface area contributed by atoms with Crippen LogP contribution in [-0.2, 0) is 14.8 Å². The monoisotopic (exact) mass is 532 g/mol. The standard InChI is InChI=1S/C23H21BrN2O6S/c1-15-3-6-17(7-4-15)26(33(28,29)18-8-10-20(30-2)19(24)12-18)13-23(27)25-16-5-9-21-22(11-16)32-14-31-21/h3-12H,13-14H2,1-2H3,(H,25,27). The highest BCUT2D eigenvalue weighted by Crippen LogP contribution is 2.34. The van der Waals surface area contributed by atoms with E-state index in [4.69, 9.17) is 14.2 Å². The molecule has 1 aliphatic heterocycles. The van der Waals surface area contributed by atoms with E-state index in [-0.39, 0.29) is 11.7 Å². The summed E-state index contributed by atoms with van der Waals surface area (Å²) in [6, 6.07) is 16.3. The van der Waals surface area contributed by atoms with Gasteiger partial charge in [0.25, 0.3) is 10.0 Å². The number of rotatable bonds is 7. The maximum atomic E-state index is 13.6. The second kappa shape index (κ2) is 9.32. The predicted octanol–water partition coefficient (Wildman–Crippen LogP) is 4.33. The van der Waals surface area contributed by atoms with Crippen molar-refractivity contribution < 1.29 is 27.4 Å². The number of aryl methyl sites for hydroxylation is 1. The maximum absolute atomic E-state index is 13.6. The van der Waals surface area contributed by atoms with E-state index in [0.717, 1.165) is 9.87 Å². The average molecular weight is 533 g/mol. The van der Waals surface area contributed by atoms with E-state index in [1.54, 1.807) is 48.5 Å². The molecular formula is C23H21BrN2O6S. The third-order valence-electron chi connectivity index (χ3n) is 4.98. The highest BCUT2D eigenvalue weighted by atomic mass is 79.9. The van der Waals surface area contributed by atoms with E-state index in [2.05, 4.69) is 21.2 Å². The lowest BCUT2D eigenvalue weighted by molar-refractivity contribution is -0.114. The lowest BCUT2D eigenvalue weighted by Crippen LogP contribution is -2.38. The Morgan fingerprint density at radius 3 is 2.48 bits per heavy atom. The van der Waals surface area contributed by atoms with Crippen LogP contribution in [0.5, 0.6) is 17.2 Å². The number of halogens is 1. The van der Waals surface area contributed by atoms with E-state index in [1.807, 2.05) is 6.92 Å². The minimum atomic E-state index is -4.07. The van der Waals surface area contributed by atoms with Crippen molar-refractivity contribution in [3.63, 3.8) is 0 Å². The number of carbonyl (C=O) groups is 1. The molecule has 0 bridgehead atoms. The molecule has 1 heterocycles. The molecule has 3 aromatic rings. The second-order valence-electron chi connectivity index (χ2n) is 7.26. The van der Waals surface area contributed by atoms with Crippen molar-refractivity contribution in [1.82, 2.24) is 0 Å². The van der Waals surface area contributed by atoms with Crippen LogP contribution in [0.1, 0.15) is 5.56 Å². The minimum absolute atomic E-state index is 0.0200. The molecule has 0 aliphatic carbocycles. The number of methoxy groups -OCH3 is 1. The molecule has 0 radical (unpaired) electrons. The molecule has 3 aromatic carbocycles. The molecule has 1 N–H and O–H groups in total. The number of nitrogens with one attached hydrogen (secondary N) is 1. The molecule has 1 aliphatic rings. The van der Waals surface area contributed by atoms with Gasteiger partial charge in [0.05, 0.1) is 22.2 Å². The quantitative estimate of drug-likeness (QED) is 0.486. The number of carbonyl (C=O) groups excluding carboxylic acids is 1. The minimum Gasteiger partial charge on any atom is -0.496 e. The summed E-state index contributed by atoms with van der Waals surface area (Å²) in [5.41, 5.74) is 1.80. The number of anilines is 2. The Morgan fingerprint density at radius 2 is 1.79 bits per heavy atom. The smallest absolute Gasteiger partial charge is 0.264 e. The molecule has 0 atom stereocenters. The molecule has 1 amide bonds. The normalized spacial score (nSPS) is 12.3. The molecule has 0 unspecified atom stereocenters. The van der Waals surface area contributed by atoms with Crippen molar-refractivity contribution >= 4 is 43.2 Å². The van der Waals surface area contributed by atoms with Crippen LogP contribution in [0.4, 0.5) is 11.4 Å². The topological polar surface area (TPSA) is 94.2 Å². The Labute approximate surface area is 200 Å². The number of sulfonamides is 1. The van der Waals surface area contributed by atoms with Gasteiger partial charge in [-0.1, -0.05) is 17.7 Å². The predicted molar refractivity (Wildman–Crippen MR) is 128 cm³/mol. The van der Waals surface area contributed by atoms with Crippen LogP contribution in [-0.4, -0.2) is 34.8 Å². The van der Waals surface area contributed by atoms with Crippen LogP contribution in [0.2, 0.25) is 0 Å². The molecule has 8 nitrogen and oxygen atoms in total. The number of ether oxygens (including phenoxy) is 3. The molecular weight excluding hydrogens is 512 g/mol. The van der Waals surface area contributed by atoms with Gasteiger partial charge in [0, 0.05) is 11.8 Å².